The quantitative estimate of drug-likeness (QED) is 0.702. The van der Waals surface area contributed by atoms with Crippen LogP contribution in [0.5, 0.6) is 0 Å². The molecule has 3 aliphatic rings. The number of imidazole rings is 1. The third-order valence-corrected chi connectivity index (χ3v) is 7.33. The summed E-state index contributed by atoms with van der Waals surface area (Å²) in [5.74, 6) is 1.42. The van der Waals surface area contributed by atoms with Gasteiger partial charge < -0.3 is 19.5 Å². The summed E-state index contributed by atoms with van der Waals surface area (Å²) in [6, 6.07) is 1.13. The van der Waals surface area contributed by atoms with E-state index in [2.05, 4.69) is 20.1 Å². The van der Waals surface area contributed by atoms with Crippen molar-refractivity contribution in [1.82, 2.24) is 24.7 Å². The molecule has 0 spiro atoms. The van der Waals surface area contributed by atoms with E-state index in [4.69, 9.17) is 4.74 Å². The van der Waals surface area contributed by atoms with Crippen LogP contribution in [0, 0.1) is 18.8 Å². The number of ether oxygens (including phenoxy) is 1. The van der Waals surface area contributed by atoms with Crippen molar-refractivity contribution in [3.05, 3.63) is 17.7 Å². The number of carbonyl (C=O) groups is 1. The van der Waals surface area contributed by atoms with Crippen LogP contribution in [-0.2, 0) is 11.8 Å². The molecule has 1 aromatic rings. The molecule has 29 heavy (non-hydrogen) atoms. The van der Waals surface area contributed by atoms with Crippen molar-refractivity contribution in [1.29, 1.82) is 0 Å². The van der Waals surface area contributed by atoms with Gasteiger partial charge in [-0.3, -0.25) is 9.69 Å². The highest BCUT2D eigenvalue weighted by Crippen LogP contribution is 2.41. The molecule has 0 aliphatic carbocycles. The number of methoxy groups -OCH3 is 1. The highest BCUT2D eigenvalue weighted by molar-refractivity contribution is 5.93. The van der Waals surface area contributed by atoms with Crippen LogP contribution in [0.4, 0.5) is 0 Å². The second-order valence-electron chi connectivity index (χ2n) is 9.23. The molecule has 4 rings (SSSR count). The molecule has 3 saturated heterocycles. The van der Waals surface area contributed by atoms with Gasteiger partial charge in [-0.05, 0) is 51.0 Å². The molecule has 4 heterocycles. The molecule has 7 heteroatoms. The first-order valence-electron chi connectivity index (χ1n) is 11.3. The highest BCUT2D eigenvalue weighted by Gasteiger charge is 2.46. The second-order valence-corrected chi connectivity index (χ2v) is 9.23. The molecule has 7 nitrogen and oxygen atoms in total. The summed E-state index contributed by atoms with van der Waals surface area (Å²) in [6.07, 6.45) is 8.08. The van der Waals surface area contributed by atoms with Crippen LogP contribution in [-0.4, -0.2) is 83.8 Å². The monoisotopic (exact) mass is 403 g/mol. The zero-order valence-electron chi connectivity index (χ0n) is 18.3. The lowest BCUT2D eigenvalue weighted by molar-refractivity contribution is -0.0706. The van der Waals surface area contributed by atoms with Crippen LogP contribution in [0.25, 0.3) is 0 Å². The topological polar surface area (TPSA) is 62.6 Å². The Balaban J connectivity index is 1.44. The maximum atomic E-state index is 12.8. The van der Waals surface area contributed by atoms with E-state index in [1.807, 2.05) is 18.5 Å². The minimum Gasteiger partial charge on any atom is -0.385 e. The fourth-order valence-corrected chi connectivity index (χ4v) is 6.05. The lowest BCUT2D eigenvalue weighted by Crippen LogP contribution is -2.65. The predicted molar refractivity (Wildman–Crippen MR) is 113 cm³/mol. The maximum absolute atomic E-state index is 12.8. The van der Waals surface area contributed by atoms with E-state index >= 15 is 0 Å². The Morgan fingerprint density at radius 2 is 2.14 bits per heavy atom. The maximum Gasteiger partial charge on any atom is 0.269 e. The van der Waals surface area contributed by atoms with Gasteiger partial charge in [-0.1, -0.05) is 6.42 Å². The second kappa shape index (κ2) is 9.14. The summed E-state index contributed by atoms with van der Waals surface area (Å²) >= 11 is 0. The molecule has 1 amide bonds. The summed E-state index contributed by atoms with van der Waals surface area (Å²) in [7, 11) is 3.67. The van der Waals surface area contributed by atoms with Gasteiger partial charge in [0, 0.05) is 59.0 Å². The molecule has 0 aromatic carbocycles. The molecule has 162 valence electrons. The number of amides is 1. The smallest absolute Gasteiger partial charge is 0.269 e. The van der Waals surface area contributed by atoms with Gasteiger partial charge in [0.05, 0.1) is 12.0 Å². The van der Waals surface area contributed by atoms with E-state index in [0.717, 1.165) is 44.3 Å². The average Bonchev–Trinajstić information content (AvgIpc) is 3.06. The lowest BCUT2D eigenvalue weighted by atomic mass is 9.72. The van der Waals surface area contributed by atoms with E-state index in [1.54, 1.807) is 13.4 Å². The zero-order valence-corrected chi connectivity index (χ0v) is 18.3. The number of rotatable bonds is 7. The summed E-state index contributed by atoms with van der Waals surface area (Å²) in [4.78, 5) is 22.5. The van der Waals surface area contributed by atoms with Crippen LogP contribution in [0.3, 0.4) is 0 Å². The summed E-state index contributed by atoms with van der Waals surface area (Å²) in [6.45, 7) is 8.17. The van der Waals surface area contributed by atoms with Crippen molar-refractivity contribution >= 4 is 5.91 Å². The minimum atomic E-state index is 0.00550. The number of hydrogen-bond acceptors (Lipinski definition) is 5. The van der Waals surface area contributed by atoms with Crippen LogP contribution < -0.4 is 5.32 Å². The number of piperidine rings is 3. The number of carbonyl (C=O) groups excluding carboxylic acids is 1. The SMILES string of the molecule is COCCCN1C[C@H]2C[C@@H](C1)[C@H](CNC(=O)c1c(C)ncn1C)N1CCCC[C@@H]21. The van der Waals surface area contributed by atoms with E-state index in [9.17, 15) is 4.79 Å². The van der Waals surface area contributed by atoms with Gasteiger partial charge in [-0.2, -0.15) is 0 Å². The molecule has 0 saturated carbocycles. The Morgan fingerprint density at radius 1 is 1.31 bits per heavy atom. The third-order valence-electron chi connectivity index (χ3n) is 7.33. The number of nitrogens with one attached hydrogen (secondary N) is 1. The number of aromatic nitrogens is 2. The number of nitrogens with zero attached hydrogens (tertiary/aromatic N) is 4. The first-order chi connectivity index (χ1) is 14.1. The predicted octanol–water partition coefficient (Wildman–Crippen LogP) is 1.67. The van der Waals surface area contributed by atoms with E-state index in [-0.39, 0.29) is 5.91 Å². The third kappa shape index (κ3) is 4.37. The molecule has 3 fully saturated rings. The van der Waals surface area contributed by atoms with Gasteiger partial charge in [0.1, 0.15) is 5.69 Å². The van der Waals surface area contributed by atoms with Gasteiger partial charge in [0.2, 0.25) is 0 Å². The standard InChI is InChI=1S/C22H37N5O2/c1-16-21(25(2)15-24-16)22(28)23-12-20-18-11-17(19-7-4-5-9-27(19)20)13-26(14-18)8-6-10-29-3/h15,17-20H,4-14H2,1-3H3,(H,23,28)/t17-,18+,19+,20+/m1/s1. The van der Waals surface area contributed by atoms with Gasteiger partial charge in [0.25, 0.3) is 5.91 Å². The van der Waals surface area contributed by atoms with Crippen LogP contribution in [0.1, 0.15) is 48.3 Å². The summed E-state index contributed by atoms with van der Waals surface area (Å²) < 4.78 is 7.09. The molecule has 1 aromatic heterocycles. The van der Waals surface area contributed by atoms with Gasteiger partial charge in [-0.15, -0.1) is 0 Å². The Hall–Kier alpha value is -1.44. The van der Waals surface area contributed by atoms with E-state index in [1.165, 1.54) is 38.8 Å². The molecular weight excluding hydrogens is 366 g/mol. The Kier molecular flexibility index (Phi) is 6.56. The van der Waals surface area contributed by atoms with Gasteiger partial charge in [0.15, 0.2) is 0 Å². The first-order valence-corrected chi connectivity index (χ1v) is 11.3. The molecule has 1 N–H and O–H groups in total. The molecule has 0 radical (unpaired) electrons. The van der Waals surface area contributed by atoms with Crippen molar-refractivity contribution in [3.8, 4) is 0 Å². The summed E-state index contributed by atoms with van der Waals surface area (Å²) in [5, 5.41) is 3.26. The number of likely N-dealkylation sites (tertiary alicyclic amines) is 1. The Labute approximate surface area is 174 Å². The van der Waals surface area contributed by atoms with Crippen molar-refractivity contribution in [3.63, 3.8) is 0 Å². The number of aryl methyl sites for hydroxylation is 2. The van der Waals surface area contributed by atoms with E-state index < -0.39 is 0 Å². The number of fused-ring (bicyclic) bond motifs is 4. The highest BCUT2D eigenvalue weighted by atomic mass is 16.5. The van der Waals surface area contributed by atoms with Crippen LogP contribution in [0.2, 0.25) is 0 Å². The van der Waals surface area contributed by atoms with Gasteiger partial charge in [-0.25, -0.2) is 4.98 Å². The fourth-order valence-electron chi connectivity index (χ4n) is 6.05. The molecule has 4 atom stereocenters. The first kappa shape index (κ1) is 20.8. The Morgan fingerprint density at radius 3 is 2.90 bits per heavy atom. The minimum absolute atomic E-state index is 0.00550. The van der Waals surface area contributed by atoms with Crippen LogP contribution >= 0.6 is 0 Å². The molecule has 0 unspecified atom stereocenters. The zero-order chi connectivity index (χ0) is 20.4. The van der Waals surface area contributed by atoms with Crippen LogP contribution in [0.15, 0.2) is 6.33 Å². The Bertz CT molecular complexity index is 686. The normalized spacial score (nSPS) is 30.2. The average molecular weight is 404 g/mol. The van der Waals surface area contributed by atoms with Gasteiger partial charge >= 0.3 is 0 Å². The fraction of sp³-hybridized carbons (Fsp3) is 0.818. The molecule has 2 bridgehead atoms. The van der Waals surface area contributed by atoms with Crippen molar-refractivity contribution < 1.29 is 9.53 Å². The lowest BCUT2D eigenvalue weighted by Gasteiger charge is -2.57. The molecule has 3 aliphatic heterocycles. The van der Waals surface area contributed by atoms with Crippen molar-refractivity contribution in [2.24, 2.45) is 18.9 Å². The van der Waals surface area contributed by atoms with E-state index in [0.29, 0.717) is 23.7 Å². The van der Waals surface area contributed by atoms with Crippen molar-refractivity contribution in [2.75, 3.05) is 46.4 Å². The summed E-state index contributed by atoms with van der Waals surface area (Å²) in [5.41, 5.74) is 1.48. The molecular formula is C22H37N5O2. The largest absolute Gasteiger partial charge is 0.385 e. The number of hydrogen-bond donors (Lipinski definition) is 1. The van der Waals surface area contributed by atoms with Crippen molar-refractivity contribution in [2.45, 2.75) is 51.1 Å².